The summed E-state index contributed by atoms with van der Waals surface area (Å²) in [5.41, 5.74) is 6.13. The summed E-state index contributed by atoms with van der Waals surface area (Å²) in [5, 5.41) is 9.55. The lowest BCUT2D eigenvalue weighted by molar-refractivity contribution is 0.471. The van der Waals surface area contributed by atoms with Crippen LogP contribution in [0.3, 0.4) is 0 Å². The minimum Gasteiger partial charge on any atom is -0.508 e. The van der Waals surface area contributed by atoms with Crippen LogP contribution in [0, 0.1) is 12.7 Å². The molecule has 0 aromatic heterocycles. The Hall–Kier alpha value is -2.28. The summed E-state index contributed by atoms with van der Waals surface area (Å²) in [6, 6.07) is 7.39. The highest BCUT2D eigenvalue weighted by molar-refractivity contribution is 7.92. The molecule has 0 heterocycles. The molecule has 0 bridgehead atoms. The first kappa shape index (κ1) is 14.1. The maximum absolute atomic E-state index is 12.9. The van der Waals surface area contributed by atoms with Gasteiger partial charge in [0.2, 0.25) is 0 Å². The molecule has 0 atom stereocenters. The summed E-state index contributed by atoms with van der Waals surface area (Å²) in [6.45, 7) is 1.69. The lowest BCUT2D eigenvalue weighted by Crippen LogP contribution is -2.15. The Bertz CT molecular complexity index is 760. The van der Waals surface area contributed by atoms with Gasteiger partial charge in [0.1, 0.15) is 16.5 Å². The first-order chi connectivity index (χ1) is 9.29. The highest BCUT2D eigenvalue weighted by Crippen LogP contribution is 2.25. The van der Waals surface area contributed by atoms with Crippen LogP contribution < -0.4 is 10.5 Å². The van der Waals surface area contributed by atoms with Crippen LogP contribution in [0.5, 0.6) is 5.75 Å². The molecule has 106 valence electrons. The van der Waals surface area contributed by atoms with E-state index in [4.69, 9.17) is 5.73 Å². The van der Waals surface area contributed by atoms with E-state index in [1.54, 1.807) is 13.0 Å². The molecule has 7 heteroatoms. The number of nitrogens with one attached hydrogen (secondary N) is 1. The molecule has 2 rings (SSSR count). The van der Waals surface area contributed by atoms with Gasteiger partial charge in [-0.15, -0.1) is 0 Å². The molecule has 4 N–H and O–H groups in total. The van der Waals surface area contributed by atoms with Crippen LogP contribution in [0.15, 0.2) is 41.3 Å². The quantitative estimate of drug-likeness (QED) is 0.757. The van der Waals surface area contributed by atoms with Gasteiger partial charge in [0.05, 0.1) is 11.4 Å². The summed E-state index contributed by atoms with van der Waals surface area (Å²) < 4.78 is 39.5. The Morgan fingerprint density at radius 1 is 1.20 bits per heavy atom. The predicted octanol–water partition coefficient (Wildman–Crippen LogP) is 2.22. The number of rotatable bonds is 3. The first-order valence-electron chi connectivity index (χ1n) is 5.67. The van der Waals surface area contributed by atoms with Gasteiger partial charge in [0, 0.05) is 6.07 Å². The molecule has 0 saturated heterocycles. The minimum absolute atomic E-state index is 0.0303. The monoisotopic (exact) mass is 296 g/mol. The van der Waals surface area contributed by atoms with Crippen molar-refractivity contribution in [3.8, 4) is 5.75 Å². The van der Waals surface area contributed by atoms with Crippen molar-refractivity contribution in [1.82, 2.24) is 0 Å². The van der Waals surface area contributed by atoms with Gasteiger partial charge in [-0.25, -0.2) is 12.8 Å². The second-order valence-corrected chi connectivity index (χ2v) is 5.94. The largest absolute Gasteiger partial charge is 0.508 e. The van der Waals surface area contributed by atoms with E-state index in [-0.39, 0.29) is 22.0 Å². The number of anilines is 2. The summed E-state index contributed by atoms with van der Waals surface area (Å²) in [4.78, 5) is -0.223. The number of nitrogens with two attached hydrogens (primary N) is 1. The molecule has 20 heavy (non-hydrogen) atoms. The SMILES string of the molecule is Cc1ccc(NS(=O)(=O)c2ccc(F)cc2N)cc1O. The molecule has 0 aliphatic carbocycles. The number of nitrogen functional groups attached to an aromatic ring is 1. The van der Waals surface area contributed by atoms with Crippen molar-refractivity contribution in [3.05, 3.63) is 47.8 Å². The van der Waals surface area contributed by atoms with Crippen LogP contribution in [0.4, 0.5) is 15.8 Å². The second-order valence-electron chi connectivity index (χ2n) is 4.29. The Labute approximate surface area is 115 Å². The molecule has 0 aliphatic rings. The molecule has 0 radical (unpaired) electrons. The Kier molecular flexibility index (Phi) is 3.54. The average molecular weight is 296 g/mol. The molecule has 2 aromatic rings. The van der Waals surface area contributed by atoms with Crippen molar-refractivity contribution in [3.63, 3.8) is 0 Å². The number of benzene rings is 2. The summed E-state index contributed by atoms with van der Waals surface area (Å²) in [7, 11) is -3.94. The third kappa shape index (κ3) is 2.83. The van der Waals surface area contributed by atoms with E-state index in [9.17, 15) is 17.9 Å². The maximum atomic E-state index is 12.9. The molecule has 0 unspecified atom stereocenters. The number of aryl methyl sites for hydroxylation is 1. The number of hydrogen-bond acceptors (Lipinski definition) is 4. The van der Waals surface area contributed by atoms with Gasteiger partial charge in [0.25, 0.3) is 10.0 Å². The van der Waals surface area contributed by atoms with Crippen molar-refractivity contribution in [1.29, 1.82) is 0 Å². The number of hydrogen-bond donors (Lipinski definition) is 3. The molecular formula is C13H13FN2O3S. The number of phenols is 1. The first-order valence-corrected chi connectivity index (χ1v) is 7.15. The standard InChI is InChI=1S/C13H13FN2O3S/c1-8-2-4-10(7-12(8)17)16-20(18,19)13-5-3-9(14)6-11(13)15/h2-7,16-17H,15H2,1H3. The van der Waals surface area contributed by atoms with Gasteiger partial charge in [-0.1, -0.05) is 6.07 Å². The van der Waals surface area contributed by atoms with Crippen molar-refractivity contribution in [2.45, 2.75) is 11.8 Å². The van der Waals surface area contributed by atoms with Gasteiger partial charge >= 0.3 is 0 Å². The van der Waals surface area contributed by atoms with E-state index >= 15 is 0 Å². The fourth-order valence-electron chi connectivity index (χ4n) is 1.65. The molecule has 0 aliphatic heterocycles. The van der Waals surface area contributed by atoms with E-state index in [0.717, 1.165) is 18.2 Å². The van der Waals surface area contributed by atoms with Crippen LogP contribution in [-0.2, 0) is 10.0 Å². The molecule has 5 nitrogen and oxygen atoms in total. The smallest absolute Gasteiger partial charge is 0.263 e. The minimum atomic E-state index is -3.94. The lowest BCUT2D eigenvalue weighted by Gasteiger charge is -2.11. The zero-order valence-electron chi connectivity index (χ0n) is 10.6. The fraction of sp³-hybridized carbons (Fsp3) is 0.0769. The van der Waals surface area contributed by atoms with E-state index in [1.807, 2.05) is 0 Å². The van der Waals surface area contributed by atoms with Gasteiger partial charge in [0.15, 0.2) is 0 Å². The highest BCUT2D eigenvalue weighted by Gasteiger charge is 2.18. The zero-order chi connectivity index (χ0) is 14.9. The third-order valence-electron chi connectivity index (χ3n) is 2.72. The third-order valence-corrected chi connectivity index (χ3v) is 4.18. The Balaban J connectivity index is 2.38. The second kappa shape index (κ2) is 5.01. The Morgan fingerprint density at radius 3 is 2.50 bits per heavy atom. The maximum Gasteiger partial charge on any atom is 0.263 e. The fourth-order valence-corrected chi connectivity index (χ4v) is 2.81. The van der Waals surface area contributed by atoms with Crippen LogP contribution in [0.1, 0.15) is 5.56 Å². The Morgan fingerprint density at radius 2 is 1.90 bits per heavy atom. The van der Waals surface area contributed by atoms with Crippen LogP contribution in [-0.4, -0.2) is 13.5 Å². The molecule has 0 spiro atoms. The molecule has 0 fully saturated rings. The van der Waals surface area contributed by atoms with Crippen LogP contribution in [0.25, 0.3) is 0 Å². The van der Waals surface area contributed by atoms with Crippen LogP contribution in [0.2, 0.25) is 0 Å². The number of sulfonamides is 1. The van der Waals surface area contributed by atoms with E-state index in [1.165, 1.54) is 12.1 Å². The topological polar surface area (TPSA) is 92.4 Å². The van der Waals surface area contributed by atoms with Gasteiger partial charge < -0.3 is 10.8 Å². The van der Waals surface area contributed by atoms with Crippen molar-refractivity contribution >= 4 is 21.4 Å². The number of aromatic hydroxyl groups is 1. The zero-order valence-corrected chi connectivity index (χ0v) is 11.4. The normalized spacial score (nSPS) is 11.3. The predicted molar refractivity (Wildman–Crippen MR) is 74.5 cm³/mol. The van der Waals surface area contributed by atoms with Crippen molar-refractivity contribution < 1.29 is 17.9 Å². The molecular weight excluding hydrogens is 283 g/mol. The highest BCUT2D eigenvalue weighted by atomic mass is 32.2. The summed E-state index contributed by atoms with van der Waals surface area (Å²) in [6.07, 6.45) is 0. The van der Waals surface area contributed by atoms with Gasteiger partial charge in [-0.05, 0) is 36.8 Å². The number of phenolic OH excluding ortho intramolecular Hbond substituents is 1. The van der Waals surface area contributed by atoms with Gasteiger partial charge in [-0.3, -0.25) is 4.72 Å². The summed E-state index contributed by atoms with van der Waals surface area (Å²) in [5.74, 6) is -0.647. The van der Waals surface area contributed by atoms with Crippen molar-refractivity contribution in [2.75, 3.05) is 10.5 Å². The summed E-state index contributed by atoms with van der Waals surface area (Å²) >= 11 is 0. The number of halogens is 1. The lowest BCUT2D eigenvalue weighted by atomic mass is 10.2. The average Bonchev–Trinajstić information content (AvgIpc) is 2.33. The van der Waals surface area contributed by atoms with Crippen LogP contribution >= 0.6 is 0 Å². The van der Waals surface area contributed by atoms with E-state index in [2.05, 4.69) is 4.72 Å². The van der Waals surface area contributed by atoms with E-state index < -0.39 is 15.8 Å². The molecule has 0 amide bonds. The van der Waals surface area contributed by atoms with Gasteiger partial charge in [-0.2, -0.15) is 0 Å². The molecule has 0 saturated carbocycles. The molecule has 2 aromatic carbocycles. The van der Waals surface area contributed by atoms with Crippen molar-refractivity contribution in [2.24, 2.45) is 0 Å². The van der Waals surface area contributed by atoms with E-state index in [0.29, 0.717) is 5.56 Å².